The molecule has 0 radical (unpaired) electrons. The molecule has 1 aliphatic heterocycles. The minimum Gasteiger partial charge on any atom is -0.465 e. The summed E-state index contributed by atoms with van der Waals surface area (Å²) < 4.78 is 28.9. The van der Waals surface area contributed by atoms with E-state index in [1.54, 1.807) is 12.1 Å². The van der Waals surface area contributed by atoms with Gasteiger partial charge >= 0.3 is 0 Å². The molecule has 2 heterocycles. The smallest absolute Gasteiger partial charge is 0.175 e. The van der Waals surface area contributed by atoms with E-state index in [4.69, 9.17) is 4.42 Å². The minimum absolute atomic E-state index is 0.191. The van der Waals surface area contributed by atoms with E-state index in [0.29, 0.717) is 4.90 Å². The van der Waals surface area contributed by atoms with Crippen LogP contribution in [-0.4, -0.2) is 39.2 Å². The van der Waals surface area contributed by atoms with Crippen LogP contribution in [0.3, 0.4) is 0 Å². The summed E-state index contributed by atoms with van der Waals surface area (Å²) in [6.45, 7) is 4.85. The number of hydrogen-bond donors (Lipinski definition) is 1. The van der Waals surface area contributed by atoms with E-state index in [9.17, 15) is 8.42 Å². The Hall–Kier alpha value is -1.79. The monoisotopic (exact) mass is 348 g/mol. The summed E-state index contributed by atoms with van der Waals surface area (Å²) >= 11 is 0. The van der Waals surface area contributed by atoms with Gasteiger partial charge in [0.2, 0.25) is 0 Å². The third kappa shape index (κ3) is 3.99. The molecule has 5 nitrogen and oxygen atoms in total. The van der Waals surface area contributed by atoms with Crippen molar-refractivity contribution in [2.75, 3.05) is 31.2 Å². The molecule has 24 heavy (non-hydrogen) atoms. The highest BCUT2D eigenvalue weighted by Gasteiger charge is 2.25. The molecule has 3 rings (SSSR count). The van der Waals surface area contributed by atoms with Crippen molar-refractivity contribution in [3.8, 4) is 0 Å². The summed E-state index contributed by atoms with van der Waals surface area (Å²) in [6.07, 6.45) is 3.66. The molecule has 1 fully saturated rings. The SMILES string of the molecule is Cc1ccc(C(CNc2ccc(S(C)(=O)=O)cc2)N2CCCC2)o1. The summed E-state index contributed by atoms with van der Waals surface area (Å²) in [7, 11) is -3.16. The highest BCUT2D eigenvalue weighted by atomic mass is 32.2. The minimum atomic E-state index is -3.16. The first-order valence-electron chi connectivity index (χ1n) is 8.28. The molecule has 1 saturated heterocycles. The number of aryl methyl sites for hydroxylation is 1. The lowest BCUT2D eigenvalue weighted by atomic mass is 10.2. The zero-order valence-electron chi connectivity index (χ0n) is 14.2. The highest BCUT2D eigenvalue weighted by Crippen LogP contribution is 2.27. The molecule has 1 aromatic heterocycles. The molecule has 1 unspecified atom stereocenters. The zero-order valence-corrected chi connectivity index (χ0v) is 15.0. The Labute approximate surface area is 143 Å². The molecule has 1 N–H and O–H groups in total. The quantitative estimate of drug-likeness (QED) is 0.868. The van der Waals surface area contributed by atoms with Crippen LogP contribution in [0.1, 0.15) is 30.4 Å². The Kier molecular flexibility index (Phi) is 4.96. The van der Waals surface area contributed by atoms with Crippen molar-refractivity contribution in [2.45, 2.75) is 30.7 Å². The number of benzene rings is 1. The van der Waals surface area contributed by atoms with Crippen LogP contribution in [0, 0.1) is 6.92 Å². The lowest BCUT2D eigenvalue weighted by Crippen LogP contribution is -2.30. The Morgan fingerprint density at radius 2 is 1.79 bits per heavy atom. The van der Waals surface area contributed by atoms with E-state index >= 15 is 0 Å². The molecule has 0 aliphatic carbocycles. The molecule has 0 saturated carbocycles. The van der Waals surface area contributed by atoms with Crippen molar-refractivity contribution in [2.24, 2.45) is 0 Å². The average molecular weight is 348 g/mol. The Morgan fingerprint density at radius 1 is 1.12 bits per heavy atom. The average Bonchev–Trinajstić information content (AvgIpc) is 3.19. The second-order valence-electron chi connectivity index (χ2n) is 6.38. The topological polar surface area (TPSA) is 62.6 Å². The van der Waals surface area contributed by atoms with Gasteiger partial charge in [-0.05, 0) is 69.3 Å². The molecule has 1 aliphatic rings. The highest BCUT2D eigenvalue weighted by molar-refractivity contribution is 7.90. The molecule has 6 heteroatoms. The summed E-state index contributed by atoms with van der Waals surface area (Å²) in [6, 6.07) is 11.1. The Balaban J connectivity index is 1.71. The largest absolute Gasteiger partial charge is 0.465 e. The lowest BCUT2D eigenvalue weighted by molar-refractivity contribution is 0.223. The number of sulfone groups is 1. The first-order chi connectivity index (χ1) is 11.4. The predicted molar refractivity (Wildman–Crippen MR) is 95.0 cm³/mol. The van der Waals surface area contributed by atoms with Gasteiger partial charge in [0.25, 0.3) is 0 Å². The number of nitrogens with one attached hydrogen (secondary N) is 1. The summed E-state index contributed by atoms with van der Waals surface area (Å²) in [5, 5.41) is 3.41. The molecule has 1 aromatic carbocycles. The first-order valence-corrected chi connectivity index (χ1v) is 10.2. The van der Waals surface area contributed by atoms with Gasteiger partial charge < -0.3 is 9.73 Å². The third-order valence-electron chi connectivity index (χ3n) is 4.45. The molecular weight excluding hydrogens is 324 g/mol. The fourth-order valence-electron chi connectivity index (χ4n) is 3.13. The number of likely N-dealkylation sites (tertiary alicyclic amines) is 1. The van der Waals surface area contributed by atoms with E-state index in [1.165, 1.54) is 19.1 Å². The van der Waals surface area contributed by atoms with Crippen LogP contribution in [0.4, 0.5) is 5.69 Å². The Morgan fingerprint density at radius 3 is 2.33 bits per heavy atom. The van der Waals surface area contributed by atoms with Gasteiger partial charge in [-0.15, -0.1) is 0 Å². The number of rotatable bonds is 6. The second kappa shape index (κ2) is 6.99. The van der Waals surface area contributed by atoms with E-state index in [0.717, 1.165) is 36.8 Å². The van der Waals surface area contributed by atoms with Crippen molar-refractivity contribution in [3.63, 3.8) is 0 Å². The maximum Gasteiger partial charge on any atom is 0.175 e. The van der Waals surface area contributed by atoms with Crippen LogP contribution in [-0.2, 0) is 9.84 Å². The molecule has 130 valence electrons. The number of hydrogen-bond acceptors (Lipinski definition) is 5. The van der Waals surface area contributed by atoms with Crippen molar-refractivity contribution in [1.82, 2.24) is 4.90 Å². The van der Waals surface area contributed by atoms with Gasteiger partial charge in [-0.1, -0.05) is 0 Å². The van der Waals surface area contributed by atoms with E-state index in [1.807, 2.05) is 31.2 Å². The van der Waals surface area contributed by atoms with Gasteiger partial charge in [0.05, 0.1) is 10.9 Å². The van der Waals surface area contributed by atoms with Crippen molar-refractivity contribution in [1.29, 1.82) is 0 Å². The number of nitrogens with zero attached hydrogens (tertiary/aromatic N) is 1. The van der Waals surface area contributed by atoms with Gasteiger partial charge in [0.15, 0.2) is 9.84 Å². The van der Waals surface area contributed by atoms with Crippen LogP contribution in [0.15, 0.2) is 45.7 Å². The molecule has 2 aromatic rings. The van der Waals surface area contributed by atoms with Crippen LogP contribution < -0.4 is 5.32 Å². The normalized spacial score (nSPS) is 17.1. The Bertz CT molecular complexity index is 775. The zero-order chi connectivity index (χ0) is 17.2. The van der Waals surface area contributed by atoms with Crippen LogP contribution in [0.25, 0.3) is 0 Å². The van der Waals surface area contributed by atoms with Crippen molar-refractivity contribution < 1.29 is 12.8 Å². The predicted octanol–water partition coefficient (Wildman–Crippen LogP) is 3.24. The van der Waals surface area contributed by atoms with E-state index in [2.05, 4.69) is 10.2 Å². The molecule has 0 spiro atoms. The van der Waals surface area contributed by atoms with E-state index < -0.39 is 9.84 Å². The maximum atomic E-state index is 11.5. The molecule has 0 amide bonds. The van der Waals surface area contributed by atoms with Gasteiger partial charge in [-0.25, -0.2) is 8.42 Å². The number of furan rings is 1. The third-order valence-corrected chi connectivity index (χ3v) is 5.58. The second-order valence-corrected chi connectivity index (χ2v) is 8.40. The van der Waals surface area contributed by atoms with Gasteiger partial charge in [0, 0.05) is 18.5 Å². The standard InChI is InChI=1S/C18H24N2O3S/c1-14-5-10-18(23-14)17(20-11-3-4-12-20)13-19-15-6-8-16(9-7-15)24(2,21)22/h5-10,17,19H,3-4,11-13H2,1-2H3. The molecular formula is C18H24N2O3S. The molecule has 0 bridgehead atoms. The number of anilines is 1. The first kappa shape index (κ1) is 17.0. The summed E-state index contributed by atoms with van der Waals surface area (Å²) in [5.74, 6) is 1.90. The fraction of sp³-hybridized carbons (Fsp3) is 0.444. The van der Waals surface area contributed by atoms with Crippen molar-refractivity contribution in [3.05, 3.63) is 47.9 Å². The van der Waals surface area contributed by atoms with Gasteiger partial charge in [-0.2, -0.15) is 0 Å². The summed E-state index contributed by atoms with van der Waals surface area (Å²) in [4.78, 5) is 2.78. The fourth-order valence-corrected chi connectivity index (χ4v) is 3.76. The van der Waals surface area contributed by atoms with Crippen LogP contribution in [0.5, 0.6) is 0 Å². The molecule has 1 atom stereocenters. The van der Waals surface area contributed by atoms with Gasteiger partial charge in [0.1, 0.15) is 11.5 Å². The van der Waals surface area contributed by atoms with Crippen molar-refractivity contribution >= 4 is 15.5 Å². The summed E-state index contributed by atoms with van der Waals surface area (Å²) in [5.41, 5.74) is 0.912. The maximum absolute atomic E-state index is 11.5. The lowest BCUT2D eigenvalue weighted by Gasteiger charge is -2.26. The van der Waals surface area contributed by atoms with E-state index in [-0.39, 0.29) is 6.04 Å². The van der Waals surface area contributed by atoms with Crippen LogP contribution >= 0.6 is 0 Å². The van der Waals surface area contributed by atoms with Gasteiger partial charge in [-0.3, -0.25) is 4.90 Å². The van der Waals surface area contributed by atoms with Crippen LogP contribution in [0.2, 0.25) is 0 Å².